The molecule has 0 saturated carbocycles. The van der Waals surface area contributed by atoms with Crippen molar-refractivity contribution >= 4 is 18.0 Å². The fourth-order valence-corrected chi connectivity index (χ4v) is 4.47. The molecule has 0 aliphatic rings. The zero-order valence-corrected chi connectivity index (χ0v) is 24.7. The maximum Gasteiger partial charge on any atom is 0.573 e. The highest BCUT2D eigenvalue weighted by Crippen LogP contribution is 2.28. The molecule has 3 N–H and O–H groups in total. The van der Waals surface area contributed by atoms with Gasteiger partial charge in [0.05, 0.1) is 6.04 Å². The van der Waals surface area contributed by atoms with Gasteiger partial charge in [-0.15, -0.1) is 13.2 Å². The van der Waals surface area contributed by atoms with E-state index in [0.717, 1.165) is 0 Å². The van der Waals surface area contributed by atoms with E-state index >= 15 is 0 Å². The van der Waals surface area contributed by atoms with Gasteiger partial charge in [-0.2, -0.15) is 0 Å². The zero-order valence-electron chi connectivity index (χ0n) is 24.7. The number of alkyl carbamates (subject to hydrolysis) is 1. The molecular formula is C34H30F4N2O7. The first kappa shape index (κ1) is 34.4. The molecule has 4 rings (SSSR count). The molecule has 4 aromatic rings. The van der Waals surface area contributed by atoms with E-state index in [2.05, 4.69) is 15.4 Å². The van der Waals surface area contributed by atoms with Crippen molar-refractivity contribution in [1.82, 2.24) is 10.6 Å². The highest BCUT2D eigenvalue weighted by molar-refractivity contribution is 5.88. The predicted octanol–water partition coefficient (Wildman–Crippen LogP) is 5.52. The van der Waals surface area contributed by atoms with Crippen LogP contribution in [0.1, 0.15) is 28.3 Å². The number of amides is 2. The Balaban J connectivity index is 1.57. The van der Waals surface area contributed by atoms with E-state index in [-0.39, 0.29) is 19.6 Å². The summed E-state index contributed by atoms with van der Waals surface area (Å²) < 4.78 is 67.6. The highest BCUT2D eigenvalue weighted by atomic mass is 19.4. The number of rotatable bonds is 13. The number of aliphatic hydroxyl groups is 1. The lowest BCUT2D eigenvalue weighted by Gasteiger charge is -2.26. The summed E-state index contributed by atoms with van der Waals surface area (Å²) in [5, 5.41) is 15.8. The third-order valence-corrected chi connectivity index (χ3v) is 6.67. The third-order valence-electron chi connectivity index (χ3n) is 6.67. The molecule has 0 unspecified atom stereocenters. The Morgan fingerprint density at radius 3 is 1.81 bits per heavy atom. The number of carbonyl (C=O) groups is 3. The first-order chi connectivity index (χ1) is 22.5. The van der Waals surface area contributed by atoms with Gasteiger partial charge >= 0.3 is 18.4 Å². The molecule has 0 bridgehead atoms. The maximum atomic E-state index is 14.5. The average molecular weight is 655 g/mol. The molecule has 2 amide bonds. The average Bonchev–Trinajstić information content (AvgIpc) is 3.04. The van der Waals surface area contributed by atoms with Crippen molar-refractivity contribution in [2.75, 3.05) is 0 Å². The van der Waals surface area contributed by atoms with Gasteiger partial charge in [0.1, 0.15) is 24.8 Å². The Morgan fingerprint density at radius 2 is 1.26 bits per heavy atom. The summed E-state index contributed by atoms with van der Waals surface area (Å²) in [6.45, 7) is -0.397. The Labute approximate surface area is 267 Å². The number of esters is 1. The number of hydrogen-bond acceptors (Lipinski definition) is 7. The minimum atomic E-state index is -5.18. The van der Waals surface area contributed by atoms with Crippen molar-refractivity contribution in [2.24, 2.45) is 0 Å². The van der Waals surface area contributed by atoms with Crippen LogP contribution in [-0.2, 0) is 38.7 Å². The van der Waals surface area contributed by atoms with Gasteiger partial charge in [-0.05, 0) is 40.8 Å². The topological polar surface area (TPSA) is 123 Å². The van der Waals surface area contributed by atoms with Crippen LogP contribution in [0.25, 0.3) is 0 Å². The molecule has 246 valence electrons. The van der Waals surface area contributed by atoms with Crippen molar-refractivity contribution in [3.8, 4) is 5.75 Å². The summed E-state index contributed by atoms with van der Waals surface area (Å²) in [4.78, 5) is 39.4. The molecule has 47 heavy (non-hydrogen) atoms. The smallest absolute Gasteiger partial charge is 0.459 e. The van der Waals surface area contributed by atoms with Crippen molar-refractivity contribution in [3.05, 3.63) is 137 Å². The standard InChI is InChI=1S/C34H30F4N2O7/c35-26-17-25(18-27(19-26)47-34(36,37)38)29(32(43)45-20-23-12-6-2-7-13-23)40-31(42)30(41)28(16-22-10-4-1-5-11-22)39-33(44)46-21-24-14-8-3-9-15-24/h1-15,17-19,28-30,41H,16,20-21H2,(H,39,44)(H,40,42)/t28-,29+,30+/m1/s1. The monoisotopic (exact) mass is 654 g/mol. The third kappa shape index (κ3) is 11.2. The number of benzene rings is 4. The zero-order chi connectivity index (χ0) is 33.8. The SMILES string of the molecule is O=C(N[C@H](Cc1ccccc1)[C@H](O)C(=O)N[C@H](C(=O)OCc1ccccc1)c1cc(F)cc(OC(F)(F)F)c1)OCc1ccccc1. The van der Waals surface area contributed by atoms with Gasteiger partial charge < -0.3 is 30.0 Å². The second kappa shape index (κ2) is 16.2. The fraction of sp³-hybridized carbons (Fsp3) is 0.206. The van der Waals surface area contributed by atoms with Crippen LogP contribution in [0.4, 0.5) is 22.4 Å². The Morgan fingerprint density at radius 1 is 0.723 bits per heavy atom. The second-order valence-corrected chi connectivity index (χ2v) is 10.3. The summed E-state index contributed by atoms with van der Waals surface area (Å²) in [7, 11) is 0. The molecule has 0 fully saturated rings. The molecule has 4 aromatic carbocycles. The van der Waals surface area contributed by atoms with E-state index in [1.165, 1.54) is 0 Å². The molecule has 0 spiro atoms. The van der Waals surface area contributed by atoms with Gasteiger partial charge in [-0.25, -0.2) is 14.0 Å². The Hall–Kier alpha value is -5.43. The van der Waals surface area contributed by atoms with E-state index in [0.29, 0.717) is 34.9 Å². The van der Waals surface area contributed by atoms with E-state index in [1.807, 2.05) is 0 Å². The van der Waals surface area contributed by atoms with Crippen molar-refractivity contribution < 1.29 is 51.3 Å². The number of ether oxygens (including phenoxy) is 3. The first-order valence-electron chi connectivity index (χ1n) is 14.2. The number of aliphatic hydroxyl groups excluding tert-OH is 1. The van der Waals surface area contributed by atoms with E-state index in [4.69, 9.17) is 9.47 Å². The summed E-state index contributed by atoms with van der Waals surface area (Å²) in [6.07, 6.45) is -8.23. The van der Waals surface area contributed by atoms with E-state index in [1.54, 1.807) is 91.0 Å². The number of nitrogens with one attached hydrogen (secondary N) is 2. The second-order valence-electron chi connectivity index (χ2n) is 10.3. The molecule has 0 aliphatic carbocycles. The van der Waals surface area contributed by atoms with Crippen LogP contribution in [0.5, 0.6) is 5.75 Å². The Bertz CT molecular complexity index is 1620. The highest BCUT2D eigenvalue weighted by Gasteiger charge is 2.35. The van der Waals surface area contributed by atoms with Crippen molar-refractivity contribution in [3.63, 3.8) is 0 Å². The van der Waals surface area contributed by atoms with Crippen LogP contribution < -0.4 is 15.4 Å². The maximum absolute atomic E-state index is 14.5. The first-order valence-corrected chi connectivity index (χ1v) is 14.2. The van der Waals surface area contributed by atoms with Crippen LogP contribution in [0.15, 0.2) is 109 Å². The summed E-state index contributed by atoms with van der Waals surface area (Å²) in [5.74, 6) is -4.60. The predicted molar refractivity (Wildman–Crippen MR) is 160 cm³/mol. The number of carbonyl (C=O) groups excluding carboxylic acids is 3. The van der Waals surface area contributed by atoms with Gasteiger partial charge in [-0.1, -0.05) is 91.0 Å². The lowest BCUT2D eigenvalue weighted by molar-refractivity contribution is -0.274. The lowest BCUT2D eigenvalue weighted by atomic mass is 9.99. The number of hydrogen-bond donors (Lipinski definition) is 3. The minimum Gasteiger partial charge on any atom is -0.459 e. The minimum absolute atomic E-state index is 0.0669. The van der Waals surface area contributed by atoms with E-state index < -0.39 is 59.6 Å². The molecule has 13 heteroatoms. The van der Waals surface area contributed by atoms with Crippen LogP contribution in [0.2, 0.25) is 0 Å². The van der Waals surface area contributed by atoms with Gasteiger partial charge in [0.15, 0.2) is 12.1 Å². The quantitative estimate of drug-likeness (QED) is 0.128. The van der Waals surface area contributed by atoms with Crippen molar-refractivity contribution in [1.29, 1.82) is 0 Å². The fourth-order valence-electron chi connectivity index (χ4n) is 4.47. The van der Waals surface area contributed by atoms with E-state index in [9.17, 15) is 37.1 Å². The summed E-state index contributed by atoms with van der Waals surface area (Å²) >= 11 is 0. The van der Waals surface area contributed by atoms with Gasteiger partial charge in [-0.3, -0.25) is 4.79 Å². The normalized spacial score (nSPS) is 13.0. The molecule has 3 atom stereocenters. The molecular weight excluding hydrogens is 624 g/mol. The van der Waals surface area contributed by atoms with Gasteiger partial charge in [0, 0.05) is 6.07 Å². The van der Waals surface area contributed by atoms with Crippen LogP contribution in [-0.4, -0.2) is 41.6 Å². The molecule has 0 aliphatic heterocycles. The summed E-state index contributed by atoms with van der Waals surface area (Å²) in [6, 6.07) is 24.3. The van der Waals surface area contributed by atoms with Crippen LogP contribution >= 0.6 is 0 Å². The largest absolute Gasteiger partial charge is 0.573 e. The number of alkyl halides is 3. The Kier molecular flexibility index (Phi) is 11.9. The van der Waals surface area contributed by atoms with Crippen LogP contribution in [0, 0.1) is 5.82 Å². The molecule has 0 heterocycles. The summed E-state index contributed by atoms with van der Waals surface area (Å²) in [5.41, 5.74) is 1.39. The van der Waals surface area contributed by atoms with Gasteiger partial charge in [0.2, 0.25) is 0 Å². The lowest BCUT2D eigenvalue weighted by Crippen LogP contribution is -2.53. The molecule has 9 nitrogen and oxygen atoms in total. The van der Waals surface area contributed by atoms with Gasteiger partial charge in [0.25, 0.3) is 5.91 Å². The molecule has 0 radical (unpaired) electrons. The van der Waals surface area contributed by atoms with Crippen molar-refractivity contribution in [2.45, 2.75) is 44.2 Å². The molecule has 0 aromatic heterocycles. The molecule has 0 saturated heterocycles. The van der Waals surface area contributed by atoms with Crippen LogP contribution in [0.3, 0.4) is 0 Å². The number of halogens is 4.